The summed E-state index contributed by atoms with van der Waals surface area (Å²) in [5.74, 6) is 1.72. The average molecular weight is 448 g/mol. The van der Waals surface area contributed by atoms with Crippen molar-refractivity contribution < 1.29 is 4.74 Å². The molecule has 29 heavy (non-hydrogen) atoms. The van der Waals surface area contributed by atoms with Crippen LogP contribution in [0.3, 0.4) is 0 Å². The molecular weight excluding hydrogens is 422 g/mol. The predicted octanol–water partition coefficient (Wildman–Crippen LogP) is 6.66. The molecule has 0 N–H and O–H groups in total. The van der Waals surface area contributed by atoms with Crippen molar-refractivity contribution in [3.05, 3.63) is 93.5 Å². The normalized spacial score (nSPS) is 21.0. The third kappa shape index (κ3) is 3.26. The zero-order valence-corrected chi connectivity index (χ0v) is 18.6. The van der Waals surface area contributed by atoms with Crippen LogP contribution in [0.1, 0.15) is 47.9 Å². The van der Waals surface area contributed by atoms with E-state index in [1.807, 2.05) is 0 Å². The van der Waals surface area contributed by atoms with Gasteiger partial charge in [0.2, 0.25) is 0 Å². The highest BCUT2D eigenvalue weighted by Gasteiger charge is 2.40. The number of halogens is 1. The van der Waals surface area contributed by atoms with E-state index in [4.69, 9.17) is 4.74 Å². The minimum Gasteiger partial charge on any atom is -0.497 e. The van der Waals surface area contributed by atoms with E-state index >= 15 is 0 Å². The molecule has 3 heteroatoms. The third-order valence-electron chi connectivity index (χ3n) is 6.64. The number of benzene rings is 3. The molecule has 1 unspecified atom stereocenters. The van der Waals surface area contributed by atoms with Gasteiger partial charge in [0.1, 0.15) is 5.75 Å². The first-order valence-electron chi connectivity index (χ1n) is 10.4. The zero-order valence-electron chi connectivity index (χ0n) is 17.0. The summed E-state index contributed by atoms with van der Waals surface area (Å²) in [6.07, 6.45) is 3.70. The minimum absolute atomic E-state index is 0.234. The van der Waals surface area contributed by atoms with Gasteiger partial charge in [0.25, 0.3) is 0 Å². The van der Waals surface area contributed by atoms with E-state index < -0.39 is 0 Å². The fourth-order valence-corrected chi connectivity index (χ4v) is 5.06. The number of hydrogen-bond acceptors (Lipinski definition) is 2. The van der Waals surface area contributed by atoms with Gasteiger partial charge in [0.15, 0.2) is 0 Å². The van der Waals surface area contributed by atoms with E-state index in [9.17, 15) is 0 Å². The summed E-state index contributed by atoms with van der Waals surface area (Å²) >= 11 is 3.59. The van der Waals surface area contributed by atoms with Crippen LogP contribution >= 0.6 is 15.9 Å². The molecule has 1 fully saturated rings. The quantitative estimate of drug-likeness (QED) is 0.443. The van der Waals surface area contributed by atoms with Crippen molar-refractivity contribution in [2.75, 3.05) is 18.6 Å². The van der Waals surface area contributed by atoms with Gasteiger partial charge in [0, 0.05) is 16.7 Å². The lowest BCUT2D eigenvalue weighted by Crippen LogP contribution is -2.49. The van der Waals surface area contributed by atoms with Gasteiger partial charge in [-0.2, -0.15) is 0 Å². The molecule has 1 heterocycles. The van der Waals surface area contributed by atoms with E-state index in [0.29, 0.717) is 0 Å². The summed E-state index contributed by atoms with van der Waals surface area (Å²) in [5.41, 5.74) is 6.58. The molecule has 2 nitrogen and oxygen atoms in total. The molecule has 0 aromatic heterocycles. The number of rotatable bonds is 4. The lowest BCUT2D eigenvalue weighted by Gasteiger charge is -2.48. The molecule has 2 aliphatic rings. The maximum Gasteiger partial charge on any atom is 0.119 e. The van der Waals surface area contributed by atoms with Gasteiger partial charge in [-0.3, -0.25) is 0 Å². The lowest BCUT2D eigenvalue weighted by molar-refractivity contribution is 0.411. The number of nitrogens with zero attached hydrogens (tertiary/aromatic N) is 1. The maximum absolute atomic E-state index is 5.50. The molecule has 0 radical (unpaired) electrons. The monoisotopic (exact) mass is 447 g/mol. The van der Waals surface area contributed by atoms with E-state index in [-0.39, 0.29) is 5.54 Å². The lowest BCUT2D eigenvalue weighted by atomic mass is 9.76. The van der Waals surface area contributed by atoms with Gasteiger partial charge < -0.3 is 9.64 Å². The van der Waals surface area contributed by atoms with Gasteiger partial charge in [-0.25, -0.2) is 0 Å². The van der Waals surface area contributed by atoms with E-state index in [2.05, 4.69) is 94.5 Å². The smallest absolute Gasteiger partial charge is 0.119 e. The number of hydrogen-bond donors (Lipinski definition) is 0. The third-order valence-corrected chi connectivity index (χ3v) is 7.17. The van der Waals surface area contributed by atoms with Crippen LogP contribution in [0.4, 0.5) is 5.69 Å². The molecule has 1 aliphatic carbocycles. The maximum atomic E-state index is 5.50. The minimum atomic E-state index is -0.234. The Balaban J connectivity index is 1.63. The number of ether oxygens (including phenoxy) is 1. The molecule has 1 saturated carbocycles. The van der Waals surface area contributed by atoms with Gasteiger partial charge in [-0.05, 0) is 90.8 Å². The molecule has 1 aliphatic heterocycles. The Morgan fingerprint density at radius 2 is 1.69 bits per heavy atom. The Morgan fingerprint density at radius 1 is 0.966 bits per heavy atom. The van der Waals surface area contributed by atoms with Crippen LogP contribution in [0, 0.1) is 0 Å². The van der Waals surface area contributed by atoms with Crippen LogP contribution in [-0.2, 0) is 12.0 Å². The first kappa shape index (κ1) is 18.7. The first-order chi connectivity index (χ1) is 14.1. The highest BCUT2D eigenvalue weighted by Crippen LogP contribution is 2.46. The highest BCUT2D eigenvalue weighted by molar-refractivity contribution is 9.10. The summed E-state index contributed by atoms with van der Waals surface area (Å²) in [5, 5.41) is 0. The van der Waals surface area contributed by atoms with Crippen molar-refractivity contribution in [3.8, 4) is 5.75 Å². The Kier molecular flexibility index (Phi) is 4.66. The second-order valence-corrected chi connectivity index (χ2v) is 9.29. The summed E-state index contributed by atoms with van der Waals surface area (Å²) in [7, 11) is 1.74. The molecule has 5 rings (SSSR count). The van der Waals surface area contributed by atoms with Crippen LogP contribution in [0.25, 0.3) is 0 Å². The number of fused-ring (bicyclic) bond motifs is 1. The van der Waals surface area contributed by atoms with Crippen molar-refractivity contribution in [1.82, 2.24) is 0 Å². The van der Waals surface area contributed by atoms with Crippen molar-refractivity contribution in [2.45, 2.75) is 37.6 Å². The first-order valence-corrected chi connectivity index (χ1v) is 11.2. The molecule has 0 saturated heterocycles. The largest absolute Gasteiger partial charge is 0.497 e. The molecule has 0 bridgehead atoms. The fraction of sp³-hybridized carbons (Fsp3) is 0.308. The van der Waals surface area contributed by atoms with Crippen LogP contribution in [-0.4, -0.2) is 13.7 Å². The van der Waals surface area contributed by atoms with Gasteiger partial charge in [-0.1, -0.05) is 46.3 Å². The van der Waals surface area contributed by atoms with E-state index in [0.717, 1.165) is 29.1 Å². The summed E-state index contributed by atoms with van der Waals surface area (Å²) in [6.45, 7) is 3.34. The summed E-state index contributed by atoms with van der Waals surface area (Å²) < 4.78 is 6.61. The number of anilines is 1. The Bertz CT molecular complexity index is 1020. The zero-order chi connectivity index (χ0) is 20.0. The topological polar surface area (TPSA) is 12.5 Å². The average Bonchev–Trinajstić information content (AvgIpc) is 3.60. The second-order valence-electron chi connectivity index (χ2n) is 8.37. The van der Waals surface area contributed by atoms with Crippen molar-refractivity contribution in [2.24, 2.45) is 0 Å². The van der Waals surface area contributed by atoms with Crippen molar-refractivity contribution in [3.63, 3.8) is 0 Å². The molecule has 0 spiro atoms. The van der Waals surface area contributed by atoms with Crippen LogP contribution < -0.4 is 9.64 Å². The Labute approximate surface area is 181 Å². The SMILES string of the molecule is COc1ccc2c(c1)CCN(c1ccc(C3CC3)cc1)C2(C)c1ccc(Br)cc1. The van der Waals surface area contributed by atoms with Gasteiger partial charge in [-0.15, -0.1) is 0 Å². The Morgan fingerprint density at radius 3 is 2.34 bits per heavy atom. The summed E-state index contributed by atoms with van der Waals surface area (Å²) in [4.78, 5) is 2.57. The van der Waals surface area contributed by atoms with Gasteiger partial charge in [0.05, 0.1) is 12.6 Å². The molecule has 148 valence electrons. The molecule has 0 amide bonds. The van der Waals surface area contributed by atoms with E-state index in [1.54, 1.807) is 7.11 Å². The van der Waals surface area contributed by atoms with Crippen LogP contribution in [0.15, 0.2) is 71.2 Å². The highest BCUT2D eigenvalue weighted by atomic mass is 79.9. The molecular formula is C26H26BrNO. The molecule has 3 aromatic rings. The Hall–Kier alpha value is -2.26. The fourth-order valence-electron chi connectivity index (χ4n) is 4.80. The number of methoxy groups -OCH3 is 1. The van der Waals surface area contributed by atoms with Crippen molar-refractivity contribution >= 4 is 21.6 Å². The molecule has 3 aromatic carbocycles. The van der Waals surface area contributed by atoms with Crippen LogP contribution in [0.5, 0.6) is 5.75 Å². The van der Waals surface area contributed by atoms with Gasteiger partial charge >= 0.3 is 0 Å². The van der Waals surface area contributed by atoms with Crippen molar-refractivity contribution in [1.29, 1.82) is 0 Å². The van der Waals surface area contributed by atoms with Crippen LogP contribution in [0.2, 0.25) is 0 Å². The van der Waals surface area contributed by atoms with E-state index in [1.165, 1.54) is 40.8 Å². The predicted molar refractivity (Wildman–Crippen MR) is 123 cm³/mol. The molecule has 1 atom stereocenters. The summed E-state index contributed by atoms with van der Waals surface area (Å²) in [6, 6.07) is 24.6. The second kappa shape index (κ2) is 7.21. The standard InChI is InChI=1S/C26H26BrNO/c1-26(21-7-9-22(27)10-8-21)25-14-13-24(29-2)17-20(25)15-16-28(26)23-11-5-19(6-12-23)18-3-4-18/h5-14,17-18H,3-4,15-16H2,1-2H3.